The first-order chi connectivity index (χ1) is 11.5. The average Bonchev–Trinajstić information content (AvgIpc) is 2.96. The summed E-state index contributed by atoms with van der Waals surface area (Å²) in [5.74, 6) is -0.808. The van der Waals surface area contributed by atoms with Crippen molar-refractivity contribution in [1.29, 1.82) is 0 Å². The van der Waals surface area contributed by atoms with Crippen LogP contribution in [0.3, 0.4) is 0 Å². The highest BCUT2D eigenvalue weighted by Gasteiger charge is 2.40. The Morgan fingerprint density at radius 3 is 2.17 bits per heavy atom. The predicted molar refractivity (Wildman–Crippen MR) is 93.4 cm³/mol. The number of hydrogen-bond donors (Lipinski definition) is 0. The van der Waals surface area contributed by atoms with Crippen LogP contribution in [0.25, 0.3) is 0 Å². The van der Waals surface area contributed by atoms with Crippen LogP contribution in [-0.2, 0) is 14.4 Å². The molecule has 2 heterocycles. The van der Waals surface area contributed by atoms with Gasteiger partial charge in [0.15, 0.2) is 0 Å². The Balaban J connectivity index is 1.64. The number of benzene rings is 1. The molecule has 1 atom stereocenters. The first-order valence-electron chi connectivity index (χ1n) is 8.08. The van der Waals surface area contributed by atoms with E-state index >= 15 is 0 Å². The van der Waals surface area contributed by atoms with E-state index in [-0.39, 0.29) is 17.7 Å². The number of carbonyl (C=O) groups excluding carboxylic acids is 3. The van der Waals surface area contributed by atoms with E-state index in [1.54, 1.807) is 14.7 Å². The second kappa shape index (κ2) is 6.93. The van der Waals surface area contributed by atoms with Crippen LogP contribution in [0.5, 0.6) is 0 Å². The number of halogens is 1. The molecule has 0 aliphatic carbocycles. The minimum atomic E-state index is -0.600. The van der Waals surface area contributed by atoms with Gasteiger partial charge in [-0.25, -0.2) is 0 Å². The van der Waals surface area contributed by atoms with Crippen molar-refractivity contribution in [3.05, 3.63) is 28.7 Å². The van der Waals surface area contributed by atoms with Crippen molar-refractivity contribution in [1.82, 2.24) is 9.80 Å². The first kappa shape index (κ1) is 17.0. The molecule has 0 radical (unpaired) electrons. The third-order valence-corrected chi connectivity index (χ3v) is 5.21. The molecule has 24 heavy (non-hydrogen) atoms. The van der Waals surface area contributed by atoms with E-state index in [1.807, 2.05) is 24.3 Å². The normalized spacial score (nSPS) is 21.3. The lowest BCUT2D eigenvalue weighted by Crippen LogP contribution is -2.52. The van der Waals surface area contributed by atoms with Crippen molar-refractivity contribution in [2.75, 3.05) is 37.6 Å². The van der Waals surface area contributed by atoms with Crippen molar-refractivity contribution in [2.45, 2.75) is 13.3 Å². The number of hydrogen-bond acceptors (Lipinski definition) is 3. The number of anilines is 1. The van der Waals surface area contributed by atoms with E-state index in [0.29, 0.717) is 39.1 Å². The Morgan fingerprint density at radius 2 is 1.58 bits per heavy atom. The van der Waals surface area contributed by atoms with Crippen LogP contribution in [0, 0.1) is 5.92 Å². The maximum atomic E-state index is 12.7. The zero-order chi connectivity index (χ0) is 17.3. The zero-order valence-electron chi connectivity index (χ0n) is 13.6. The molecule has 3 amide bonds. The molecule has 3 rings (SSSR count). The van der Waals surface area contributed by atoms with Gasteiger partial charge in [-0.3, -0.25) is 14.4 Å². The molecule has 0 N–H and O–H groups in total. The Kier molecular flexibility index (Phi) is 4.89. The second-order valence-corrected chi connectivity index (χ2v) is 7.05. The van der Waals surface area contributed by atoms with E-state index in [2.05, 4.69) is 15.9 Å². The van der Waals surface area contributed by atoms with E-state index in [1.165, 1.54) is 6.92 Å². The predicted octanol–water partition coefficient (Wildman–Crippen LogP) is 1.49. The van der Waals surface area contributed by atoms with Gasteiger partial charge in [-0.2, -0.15) is 0 Å². The third kappa shape index (κ3) is 3.31. The highest BCUT2D eigenvalue weighted by Crippen LogP contribution is 2.28. The summed E-state index contributed by atoms with van der Waals surface area (Å²) in [4.78, 5) is 41.8. The van der Waals surface area contributed by atoms with Crippen LogP contribution in [0.2, 0.25) is 0 Å². The lowest BCUT2D eigenvalue weighted by atomic mass is 10.1. The van der Waals surface area contributed by atoms with E-state index in [9.17, 15) is 14.4 Å². The molecule has 2 aliphatic heterocycles. The molecular formula is C17H20BrN3O3. The topological polar surface area (TPSA) is 60.9 Å². The monoisotopic (exact) mass is 393 g/mol. The Hall–Kier alpha value is -1.89. The first-order valence-corrected chi connectivity index (χ1v) is 8.88. The largest absolute Gasteiger partial charge is 0.339 e. The van der Waals surface area contributed by atoms with Gasteiger partial charge in [0.1, 0.15) is 5.92 Å². The van der Waals surface area contributed by atoms with E-state index in [4.69, 9.17) is 0 Å². The average molecular weight is 394 g/mol. The molecule has 2 aliphatic rings. The Morgan fingerprint density at radius 1 is 1.00 bits per heavy atom. The standard InChI is InChI=1S/C17H20BrN3O3/c1-12(22)19-8-10-20(11-9-19)16(23)15-6-7-21(17(15)24)14-4-2-13(18)3-5-14/h2-5,15H,6-11H2,1H3. The lowest BCUT2D eigenvalue weighted by Gasteiger charge is -2.35. The van der Waals surface area contributed by atoms with Gasteiger partial charge in [0.05, 0.1) is 0 Å². The van der Waals surface area contributed by atoms with Crippen molar-refractivity contribution >= 4 is 39.3 Å². The summed E-state index contributed by atoms with van der Waals surface area (Å²) in [5, 5.41) is 0. The van der Waals surface area contributed by atoms with Crippen LogP contribution in [0.4, 0.5) is 5.69 Å². The molecule has 2 fully saturated rings. The van der Waals surface area contributed by atoms with Gasteiger partial charge in [-0.05, 0) is 30.7 Å². The van der Waals surface area contributed by atoms with Crippen LogP contribution in [0.1, 0.15) is 13.3 Å². The van der Waals surface area contributed by atoms with E-state index < -0.39 is 5.92 Å². The molecule has 2 saturated heterocycles. The second-order valence-electron chi connectivity index (χ2n) is 6.14. The van der Waals surface area contributed by atoms with Gasteiger partial charge in [0.25, 0.3) is 0 Å². The fourth-order valence-corrected chi connectivity index (χ4v) is 3.51. The number of carbonyl (C=O) groups is 3. The molecule has 0 aromatic heterocycles. The number of piperazine rings is 1. The summed E-state index contributed by atoms with van der Waals surface area (Å²) in [6, 6.07) is 7.53. The van der Waals surface area contributed by atoms with Crippen LogP contribution in [-0.4, -0.2) is 60.2 Å². The summed E-state index contributed by atoms with van der Waals surface area (Å²) in [7, 11) is 0. The minimum Gasteiger partial charge on any atom is -0.339 e. The highest BCUT2D eigenvalue weighted by molar-refractivity contribution is 9.10. The van der Waals surface area contributed by atoms with Crippen LogP contribution < -0.4 is 4.90 Å². The molecule has 0 bridgehead atoms. The molecule has 128 valence electrons. The number of amides is 3. The van der Waals surface area contributed by atoms with Gasteiger partial charge in [-0.15, -0.1) is 0 Å². The van der Waals surface area contributed by atoms with Gasteiger partial charge in [0.2, 0.25) is 17.7 Å². The maximum Gasteiger partial charge on any atom is 0.239 e. The SMILES string of the molecule is CC(=O)N1CCN(C(=O)C2CCN(c3ccc(Br)cc3)C2=O)CC1. The van der Waals surface area contributed by atoms with Gasteiger partial charge in [-0.1, -0.05) is 15.9 Å². The van der Waals surface area contributed by atoms with E-state index in [0.717, 1.165) is 10.2 Å². The molecule has 1 aromatic carbocycles. The van der Waals surface area contributed by atoms with Crippen molar-refractivity contribution < 1.29 is 14.4 Å². The smallest absolute Gasteiger partial charge is 0.239 e. The number of rotatable bonds is 2. The number of nitrogens with zero attached hydrogens (tertiary/aromatic N) is 3. The Bertz CT molecular complexity index is 654. The van der Waals surface area contributed by atoms with Crippen molar-refractivity contribution in [2.24, 2.45) is 5.92 Å². The fourth-order valence-electron chi connectivity index (χ4n) is 3.25. The molecule has 7 heteroatoms. The summed E-state index contributed by atoms with van der Waals surface area (Å²) >= 11 is 3.38. The van der Waals surface area contributed by atoms with Gasteiger partial charge < -0.3 is 14.7 Å². The summed E-state index contributed by atoms with van der Waals surface area (Å²) in [5.41, 5.74) is 0.819. The molecule has 1 unspecified atom stereocenters. The lowest BCUT2D eigenvalue weighted by molar-refractivity contribution is -0.144. The van der Waals surface area contributed by atoms with Crippen LogP contribution in [0.15, 0.2) is 28.7 Å². The summed E-state index contributed by atoms with van der Waals surface area (Å²) < 4.78 is 0.953. The third-order valence-electron chi connectivity index (χ3n) is 4.68. The van der Waals surface area contributed by atoms with Crippen LogP contribution >= 0.6 is 15.9 Å². The summed E-state index contributed by atoms with van der Waals surface area (Å²) in [6.07, 6.45) is 0.542. The Labute approximate surface area is 149 Å². The van der Waals surface area contributed by atoms with Crippen molar-refractivity contribution in [3.8, 4) is 0 Å². The zero-order valence-corrected chi connectivity index (χ0v) is 15.2. The molecule has 0 saturated carbocycles. The molecule has 6 nitrogen and oxygen atoms in total. The van der Waals surface area contributed by atoms with Gasteiger partial charge in [0, 0.05) is 49.8 Å². The quantitative estimate of drug-likeness (QED) is 0.715. The molecule has 0 spiro atoms. The minimum absolute atomic E-state index is 0.0282. The summed E-state index contributed by atoms with van der Waals surface area (Å²) in [6.45, 7) is 4.18. The van der Waals surface area contributed by atoms with Gasteiger partial charge >= 0.3 is 0 Å². The fraction of sp³-hybridized carbons (Fsp3) is 0.471. The maximum absolute atomic E-state index is 12.7. The van der Waals surface area contributed by atoms with Crippen molar-refractivity contribution in [3.63, 3.8) is 0 Å². The highest BCUT2D eigenvalue weighted by atomic mass is 79.9. The molecular weight excluding hydrogens is 374 g/mol. The molecule has 1 aromatic rings.